The highest BCUT2D eigenvalue weighted by molar-refractivity contribution is 5.88. The maximum atomic E-state index is 10.5. The molecule has 3 nitrogen and oxygen atoms in total. The van der Waals surface area contributed by atoms with Crippen LogP contribution in [0.15, 0.2) is 72.8 Å². The Hall–Kier alpha value is -2.07. The Bertz CT molecular complexity index is 758. The molecule has 0 aliphatic heterocycles. The number of aliphatic hydroxyl groups excluding tert-OH is 1. The molecular weight excluding hydrogens is 322 g/mol. The van der Waals surface area contributed by atoms with Crippen molar-refractivity contribution in [2.75, 3.05) is 13.6 Å². The average Bonchev–Trinajstić information content (AvgIpc) is 2.60. The van der Waals surface area contributed by atoms with Gasteiger partial charge in [0, 0.05) is 11.9 Å². The first-order chi connectivity index (χ1) is 11.3. The highest BCUT2D eigenvalue weighted by Crippen LogP contribution is 2.31. The van der Waals surface area contributed by atoms with Crippen molar-refractivity contribution in [1.29, 1.82) is 0 Å². The maximum Gasteiger partial charge on any atom is 0.151 e. The zero-order valence-corrected chi connectivity index (χ0v) is 14.4. The number of benzene rings is 3. The van der Waals surface area contributed by atoms with E-state index in [9.17, 15) is 5.11 Å². The van der Waals surface area contributed by atoms with Crippen molar-refractivity contribution < 1.29 is 9.84 Å². The second kappa shape index (κ2) is 8.69. The number of likely N-dealkylation sites (N-methyl/N-ethyl adjacent to an activating group) is 1. The fourth-order valence-corrected chi connectivity index (χ4v) is 2.76. The molecule has 0 unspecified atom stereocenters. The predicted octanol–water partition coefficient (Wildman–Crippen LogP) is 3.96. The summed E-state index contributed by atoms with van der Waals surface area (Å²) in [6.45, 7) is 0.463. The van der Waals surface area contributed by atoms with Gasteiger partial charge in [0.2, 0.25) is 0 Å². The molecule has 3 rings (SSSR count). The molecule has 0 bridgehead atoms. The lowest BCUT2D eigenvalue weighted by Crippen LogP contribution is -2.32. The number of hydrogen-bond acceptors (Lipinski definition) is 3. The fraction of sp³-hybridized carbons (Fsp3) is 0.200. The van der Waals surface area contributed by atoms with Gasteiger partial charge in [0.1, 0.15) is 11.9 Å². The lowest BCUT2D eigenvalue weighted by Gasteiger charge is -2.25. The van der Waals surface area contributed by atoms with Crippen LogP contribution in [0.5, 0.6) is 5.75 Å². The Labute approximate surface area is 148 Å². The monoisotopic (exact) mass is 343 g/mol. The first kappa shape index (κ1) is 18.3. The molecule has 0 saturated heterocycles. The first-order valence-corrected chi connectivity index (χ1v) is 7.81. The van der Waals surface area contributed by atoms with E-state index in [1.54, 1.807) is 0 Å². The third kappa shape index (κ3) is 4.06. The summed E-state index contributed by atoms with van der Waals surface area (Å²) in [4.78, 5) is 0. The average molecular weight is 344 g/mol. The Morgan fingerprint density at radius 3 is 2.33 bits per heavy atom. The standard InChI is InChI=1S/C20H21NO2.ClH/c1-21-14-18(22)20(16-9-3-2-4-10-16)23-19-13-7-11-15-8-5-6-12-17(15)19;/h2-13,18,20-22H,14H2,1H3;1H/t18-,20+;/m0./s1. The molecule has 126 valence electrons. The van der Waals surface area contributed by atoms with Crippen LogP contribution in [0.3, 0.4) is 0 Å². The Morgan fingerprint density at radius 2 is 1.58 bits per heavy atom. The van der Waals surface area contributed by atoms with Gasteiger partial charge in [-0.25, -0.2) is 0 Å². The summed E-state index contributed by atoms with van der Waals surface area (Å²) in [7, 11) is 1.82. The minimum Gasteiger partial charge on any atom is -0.482 e. The number of rotatable bonds is 6. The minimum atomic E-state index is -0.638. The van der Waals surface area contributed by atoms with Gasteiger partial charge in [-0.05, 0) is 24.1 Å². The first-order valence-electron chi connectivity index (χ1n) is 7.81. The summed E-state index contributed by atoms with van der Waals surface area (Å²) < 4.78 is 6.24. The molecule has 0 radical (unpaired) electrons. The second-order valence-corrected chi connectivity index (χ2v) is 5.55. The topological polar surface area (TPSA) is 41.5 Å². The molecule has 0 heterocycles. The smallest absolute Gasteiger partial charge is 0.151 e. The third-order valence-corrected chi connectivity index (χ3v) is 3.89. The summed E-state index contributed by atoms with van der Waals surface area (Å²) >= 11 is 0. The van der Waals surface area contributed by atoms with Crippen LogP contribution in [-0.2, 0) is 0 Å². The van der Waals surface area contributed by atoms with Crippen molar-refractivity contribution in [3.05, 3.63) is 78.4 Å². The second-order valence-electron chi connectivity index (χ2n) is 5.55. The number of fused-ring (bicyclic) bond motifs is 1. The number of ether oxygens (including phenoxy) is 1. The summed E-state index contributed by atoms with van der Waals surface area (Å²) in [6.07, 6.45) is -1.06. The largest absolute Gasteiger partial charge is 0.482 e. The molecule has 0 fully saturated rings. The molecule has 0 spiro atoms. The van der Waals surface area contributed by atoms with Crippen molar-refractivity contribution in [3.63, 3.8) is 0 Å². The molecule has 24 heavy (non-hydrogen) atoms. The molecule has 0 saturated carbocycles. The van der Waals surface area contributed by atoms with Crippen LogP contribution in [0.4, 0.5) is 0 Å². The highest BCUT2D eigenvalue weighted by atomic mass is 35.5. The van der Waals surface area contributed by atoms with E-state index in [0.29, 0.717) is 6.54 Å². The van der Waals surface area contributed by atoms with Gasteiger partial charge in [0.25, 0.3) is 0 Å². The molecule has 0 aromatic heterocycles. The molecule has 3 aromatic rings. The van der Waals surface area contributed by atoms with Crippen molar-refractivity contribution in [2.24, 2.45) is 0 Å². The predicted molar refractivity (Wildman–Crippen MR) is 101 cm³/mol. The lowest BCUT2D eigenvalue weighted by atomic mass is 10.0. The molecule has 3 aromatic carbocycles. The normalized spacial score (nSPS) is 13.1. The molecular formula is C20H22ClNO2. The zero-order chi connectivity index (χ0) is 16.1. The van der Waals surface area contributed by atoms with Crippen LogP contribution in [-0.4, -0.2) is 24.8 Å². The highest BCUT2D eigenvalue weighted by Gasteiger charge is 2.23. The number of hydrogen-bond donors (Lipinski definition) is 2. The van der Waals surface area contributed by atoms with Crippen LogP contribution >= 0.6 is 12.4 Å². The molecule has 0 amide bonds. The SMILES string of the molecule is CNC[C@H](O)[C@H](Oc1cccc2ccccc12)c1ccccc1.Cl. The van der Waals surface area contributed by atoms with Crippen molar-refractivity contribution in [1.82, 2.24) is 5.32 Å². The van der Waals surface area contributed by atoms with Crippen LogP contribution in [0.25, 0.3) is 10.8 Å². The lowest BCUT2D eigenvalue weighted by molar-refractivity contribution is 0.0379. The van der Waals surface area contributed by atoms with E-state index in [4.69, 9.17) is 4.74 Å². The van der Waals surface area contributed by atoms with Gasteiger partial charge in [-0.15, -0.1) is 12.4 Å². The quantitative estimate of drug-likeness (QED) is 0.711. The van der Waals surface area contributed by atoms with Gasteiger partial charge in [0.15, 0.2) is 6.10 Å². The molecule has 0 aliphatic rings. The summed E-state index contributed by atoms with van der Waals surface area (Å²) in [5.41, 5.74) is 0.961. The maximum absolute atomic E-state index is 10.5. The third-order valence-electron chi connectivity index (χ3n) is 3.89. The van der Waals surface area contributed by atoms with Crippen molar-refractivity contribution in [3.8, 4) is 5.75 Å². The zero-order valence-electron chi connectivity index (χ0n) is 13.6. The van der Waals surface area contributed by atoms with Crippen LogP contribution in [0, 0.1) is 0 Å². The van der Waals surface area contributed by atoms with E-state index >= 15 is 0 Å². The Kier molecular flexibility index (Phi) is 6.62. The minimum absolute atomic E-state index is 0. The van der Waals surface area contributed by atoms with E-state index in [1.165, 1.54) is 0 Å². The van der Waals surface area contributed by atoms with Gasteiger partial charge in [-0.3, -0.25) is 0 Å². The van der Waals surface area contributed by atoms with Crippen LogP contribution < -0.4 is 10.1 Å². The number of aliphatic hydroxyl groups is 1. The van der Waals surface area contributed by atoms with Crippen LogP contribution in [0.2, 0.25) is 0 Å². The molecule has 0 aliphatic carbocycles. The summed E-state index contributed by atoms with van der Waals surface area (Å²) in [5.74, 6) is 0.784. The van der Waals surface area contributed by atoms with Crippen molar-refractivity contribution in [2.45, 2.75) is 12.2 Å². The van der Waals surface area contributed by atoms with E-state index < -0.39 is 12.2 Å². The van der Waals surface area contributed by atoms with Gasteiger partial charge in [-0.2, -0.15) is 0 Å². The summed E-state index contributed by atoms with van der Waals surface area (Å²) in [5, 5.41) is 15.7. The number of halogens is 1. The van der Waals surface area contributed by atoms with Gasteiger partial charge in [0.05, 0.1) is 0 Å². The van der Waals surface area contributed by atoms with Crippen LogP contribution in [0.1, 0.15) is 11.7 Å². The number of nitrogens with one attached hydrogen (secondary N) is 1. The molecule has 2 N–H and O–H groups in total. The Balaban J connectivity index is 0.00000208. The molecule has 4 heteroatoms. The Morgan fingerprint density at radius 1 is 0.917 bits per heavy atom. The van der Waals surface area contributed by atoms with E-state index in [1.807, 2.05) is 67.7 Å². The van der Waals surface area contributed by atoms with Gasteiger partial charge >= 0.3 is 0 Å². The van der Waals surface area contributed by atoms with E-state index in [0.717, 1.165) is 22.1 Å². The van der Waals surface area contributed by atoms with Gasteiger partial charge < -0.3 is 15.2 Å². The fourth-order valence-electron chi connectivity index (χ4n) is 2.76. The van der Waals surface area contributed by atoms with E-state index in [-0.39, 0.29) is 12.4 Å². The molecule has 2 atom stereocenters. The van der Waals surface area contributed by atoms with Gasteiger partial charge in [-0.1, -0.05) is 66.7 Å². The van der Waals surface area contributed by atoms with Crippen molar-refractivity contribution >= 4 is 23.2 Å². The van der Waals surface area contributed by atoms with E-state index in [2.05, 4.69) is 17.4 Å². The summed E-state index contributed by atoms with van der Waals surface area (Å²) in [6, 6.07) is 23.9.